The molecule has 0 atom stereocenters. The van der Waals surface area contributed by atoms with Crippen molar-refractivity contribution in [1.29, 1.82) is 0 Å². The van der Waals surface area contributed by atoms with E-state index in [0.717, 1.165) is 16.7 Å². The molecule has 1 aliphatic rings. The zero-order chi connectivity index (χ0) is 21.8. The lowest BCUT2D eigenvalue weighted by Crippen LogP contribution is -2.27. The average molecular weight is 493 g/mol. The van der Waals surface area contributed by atoms with Crippen molar-refractivity contribution in [2.24, 2.45) is 0 Å². The van der Waals surface area contributed by atoms with Crippen molar-refractivity contribution in [2.45, 2.75) is 13.5 Å². The number of nitro benzene ring substituents is 1. The first-order chi connectivity index (χ1) is 14.3. The van der Waals surface area contributed by atoms with Crippen molar-refractivity contribution < 1.29 is 24.0 Å². The van der Waals surface area contributed by atoms with Crippen LogP contribution in [0.2, 0.25) is 0 Å². The average Bonchev–Trinajstić information content (AvgIpc) is 2.96. The number of benzene rings is 2. The fourth-order valence-electron chi connectivity index (χ4n) is 2.91. The minimum absolute atomic E-state index is 0.138. The van der Waals surface area contributed by atoms with E-state index in [2.05, 4.69) is 15.9 Å². The third-order valence-corrected chi connectivity index (χ3v) is 5.72. The maximum Gasteiger partial charge on any atom is 0.293 e. The van der Waals surface area contributed by atoms with Gasteiger partial charge in [0.05, 0.1) is 34.6 Å². The predicted molar refractivity (Wildman–Crippen MR) is 116 cm³/mol. The summed E-state index contributed by atoms with van der Waals surface area (Å²) in [5.41, 5.74) is 0.792. The number of carbonyl (C=O) groups excluding carboxylic acids is 2. The zero-order valence-electron chi connectivity index (χ0n) is 16.1. The van der Waals surface area contributed by atoms with Crippen LogP contribution >= 0.6 is 27.7 Å². The highest BCUT2D eigenvalue weighted by atomic mass is 79.9. The number of nitro groups is 1. The van der Waals surface area contributed by atoms with Crippen LogP contribution in [0.4, 0.5) is 10.5 Å². The van der Waals surface area contributed by atoms with Gasteiger partial charge in [0, 0.05) is 11.6 Å². The third-order valence-electron chi connectivity index (χ3n) is 4.22. The molecule has 3 rings (SSSR count). The van der Waals surface area contributed by atoms with Gasteiger partial charge < -0.3 is 9.47 Å². The minimum Gasteiger partial charge on any atom is -0.492 e. The Labute approximate surface area is 185 Å². The van der Waals surface area contributed by atoms with Crippen molar-refractivity contribution in [3.63, 3.8) is 0 Å². The van der Waals surface area contributed by atoms with E-state index >= 15 is 0 Å². The fraction of sp³-hybridized carbons (Fsp3) is 0.200. The molecule has 156 valence electrons. The smallest absolute Gasteiger partial charge is 0.293 e. The molecule has 1 aliphatic heterocycles. The van der Waals surface area contributed by atoms with E-state index in [1.54, 1.807) is 24.3 Å². The van der Waals surface area contributed by atoms with E-state index in [-0.39, 0.29) is 22.7 Å². The Morgan fingerprint density at radius 1 is 1.27 bits per heavy atom. The Morgan fingerprint density at radius 2 is 2.00 bits per heavy atom. The number of halogens is 1. The van der Waals surface area contributed by atoms with Gasteiger partial charge in [-0.3, -0.25) is 24.6 Å². The van der Waals surface area contributed by atoms with Gasteiger partial charge in [0.25, 0.3) is 16.8 Å². The molecule has 0 bridgehead atoms. The molecule has 30 heavy (non-hydrogen) atoms. The van der Waals surface area contributed by atoms with Gasteiger partial charge in [0.15, 0.2) is 11.5 Å². The lowest BCUT2D eigenvalue weighted by Gasteiger charge is -2.13. The molecule has 0 aliphatic carbocycles. The second-order valence-corrected chi connectivity index (χ2v) is 7.97. The summed E-state index contributed by atoms with van der Waals surface area (Å²) in [5.74, 6) is 0.520. The number of hydrogen-bond acceptors (Lipinski definition) is 7. The summed E-state index contributed by atoms with van der Waals surface area (Å²) in [6.45, 7) is 2.10. The van der Waals surface area contributed by atoms with Crippen LogP contribution in [-0.4, -0.2) is 34.7 Å². The number of thioether (sulfide) groups is 1. The summed E-state index contributed by atoms with van der Waals surface area (Å²) in [6.07, 6.45) is 1.58. The topological polar surface area (TPSA) is 99.0 Å². The summed E-state index contributed by atoms with van der Waals surface area (Å²) in [5, 5.41) is 10.7. The molecule has 10 heteroatoms. The molecule has 0 unspecified atom stereocenters. The van der Waals surface area contributed by atoms with Gasteiger partial charge in [-0.15, -0.1) is 0 Å². The maximum atomic E-state index is 12.8. The number of para-hydroxylation sites is 1. The first kappa shape index (κ1) is 21.8. The van der Waals surface area contributed by atoms with Crippen molar-refractivity contribution in [3.05, 3.63) is 67.0 Å². The van der Waals surface area contributed by atoms with E-state index in [1.165, 1.54) is 25.3 Å². The number of ether oxygens (including phenoxy) is 2. The van der Waals surface area contributed by atoms with Crippen LogP contribution in [0.25, 0.3) is 6.08 Å². The summed E-state index contributed by atoms with van der Waals surface area (Å²) in [7, 11) is 1.52. The molecule has 1 saturated heterocycles. The van der Waals surface area contributed by atoms with Gasteiger partial charge in [-0.05, 0) is 58.4 Å². The van der Waals surface area contributed by atoms with Crippen LogP contribution < -0.4 is 9.47 Å². The molecule has 8 nitrogen and oxygen atoms in total. The lowest BCUT2D eigenvalue weighted by atomic mass is 10.1. The van der Waals surface area contributed by atoms with Crippen LogP contribution in [0, 0.1) is 10.1 Å². The number of amides is 2. The Kier molecular flexibility index (Phi) is 6.78. The number of imide groups is 1. The molecule has 2 amide bonds. The van der Waals surface area contributed by atoms with Crippen LogP contribution in [0.5, 0.6) is 11.5 Å². The number of methoxy groups -OCH3 is 1. The number of nitrogens with zero attached hydrogens (tertiary/aromatic N) is 2. The van der Waals surface area contributed by atoms with Gasteiger partial charge in [0.1, 0.15) is 0 Å². The highest BCUT2D eigenvalue weighted by Crippen LogP contribution is 2.39. The zero-order valence-corrected chi connectivity index (χ0v) is 18.5. The van der Waals surface area contributed by atoms with Crippen molar-refractivity contribution in [1.82, 2.24) is 4.90 Å². The molecular weight excluding hydrogens is 476 g/mol. The molecule has 1 heterocycles. The lowest BCUT2D eigenvalue weighted by molar-refractivity contribution is -0.385. The third kappa shape index (κ3) is 4.49. The Bertz CT molecular complexity index is 1060. The van der Waals surface area contributed by atoms with Crippen molar-refractivity contribution >= 4 is 50.6 Å². The van der Waals surface area contributed by atoms with Crippen LogP contribution in [0.3, 0.4) is 0 Å². The predicted octanol–water partition coefficient (Wildman–Crippen LogP) is 5.00. The van der Waals surface area contributed by atoms with Gasteiger partial charge in [-0.2, -0.15) is 0 Å². The van der Waals surface area contributed by atoms with E-state index in [9.17, 15) is 19.7 Å². The van der Waals surface area contributed by atoms with Crippen molar-refractivity contribution in [3.8, 4) is 11.5 Å². The van der Waals surface area contributed by atoms with Gasteiger partial charge in [-0.1, -0.05) is 18.2 Å². The molecule has 1 fully saturated rings. The summed E-state index contributed by atoms with van der Waals surface area (Å²) in [4.78, 5) is 37.1. The maximum absolute atomic E-state index is 12.8. The fourth-order valence-corrected chi connectivity index (χ4v) is 4.37. The van der Waals surface area contributed by atoms with Gasteiger partial charge in [-0.25, -0.2) is 0 Å². The second kappa shape index (κ2) is 9.31. The first-order valence-electron chi connectivity index (χ1n) is 8.83. The second-order valence-electron chi connectivity index (χ2n) is 6.12. The SMILES string of the molecule is CCOc1cc(/C=C2\SC(=O)N(Cc3ccccc3[N+](=O)[O-])C2=O)cc(Br)c1OC. The Morgan fingerprint density at radius 3 is 2.67 bits per heavy atom. The highest BCUT2D eigenvalue weighted by Gasteiger charge is 2.36. The summed E-state index contributed by atoms with van der Waals surface area (Å²) in [6, 6.07) is 9.49. The molecule has 0 spiro atoms. The summed E-state index contributed by atoms with van der Waals surface area (Å²) >= 11 is 4.20. The van der Waals surface area contributed by atoms with E-state index in [4.69, 9.17) is 9.47 Å². The van der Waals surface area contributed by atoms with Crippen molar-refractivity contribution in [2.75, 3.05) is 13.7 Å². The van der Waals surface area contributed by atoms with Crippen LogP contribution in [0.15, 0.2) is 45.8 Å². The Balaban J connectivity index is 1.90. The van der Waals surface area contributed by atoms with E-state index in [1.807, 2.05) is 6.92 Å². The summed E-state index contributed by atoms with van der Waals surface area (Å²) < 4.78 is 11.5. The molecule has 2 aromatic carbocycles. The largest absolute Gasteiger partial charge is 0.492 e. The van der Waals surface area contributed by atoms with Gasteiger partial charge in [0.2, 0.25) is 0 Å². The number of rotatable bonds is 7. The Hall–Kier alpha value is -2.85. The molecule has 0 N–H and O–H groups in total. The van der Waals surface area contributed by atoms with E-state index in [0.29, 0.717) is 28.1 Å². The number of carbonyl (C=O) groups is 2. The molecule has 0 aromatic heterocycles. The van der Waals surface area contributed by atoms with Crippen LogP contribution in [0.1, 0.15) is 18.1 Å². The van der Waals surface area contributed by atoms with Crippen LogP contribution in [-0.2, 0) is 11.3 Å². The molecule has 0 saturated carbocycles. The monoisotopic (exact) mass is 492 g/mol. The molecule has 0 radical (unpaired) electrons. The van der Waals surface area contributed by atoms with E-state index < -0.39 is 16.1 Å². The minimum atomic E-state index is -0.533. The quantitative estimate of drug-likeness (QED) is 0.304. The van der Waals surface area contributed by atoms with Gasteiger partial charge >= 0.3 is 0 Å². The highest BCUT2D eigenvalue weighted by molar-refractivity contribution is 9.10. The standard InChI is InChI=1S/C20H17BrN2O6S/c1-3-29-16-9-12(8-14(21)18(16)28-2)10-17-19(24)22(20(25)30-17)11-13-6-4-5-7-15(13)23(26)27/h4-10H,3,11H2,1-2H3/b17-10-. The molecule has 2 aromatic rings. The normalized spacial score (nSPS) is 15.0. The number of hydrogen-bond donors (Lipinski definition) is 0. The molecular formula is C20H17BrN2O6S. The first-order valence-corrected chi connectivity index (χ1v) is 10.4.